The molecule has 1 atom stereocenters. The lowest BCUT2D eigenvalue weighted by molar-refractivity contribution is -0.138. The zero-order chi connectivity index (χ0) is 27.1. The maximum absolute atomic E-state index is 13.1. The normalized spacial score (nSPS) is 16.2. The van der Waals surface area contributed by atoms with Crippen molar-refractivity contribution < 1.29 is 37.7 Å². The standard InChI is InChI=1S/C31H24O8/c1-3-35-31(34)27-17(2)11-25-29(28(27)20-7-9-23-24(13-20)37-16-36-23)30(33)26(39-25)14-21-8-10-22(38-21)19-6-4-5-18(12-19)15-32/h4-15,28,33H,3,16H2,1-2H3. The SMILES string of the molecule is CCOC(=O)C1=C(C)C=c2oc(=Cc3ccc(-c4cccc(C=O)c4)o3)c(O)c2C1c1ccc2c(c1)OCO2. The van der Waals surface area contributed by atoms with Gasteiger partial charge in [0.05, 0.1) is 17.7 Å². The molecule has 8 nitrogen and oxygen atoms in total. The molecule has 0 spiro atoms. The van der Waals surface area contributed by atoms with Crippen LogP contribution < -0.4 is 20.3 Å². The lowest BCUT2D eigenvalue weighted by Crippen LogP contribution is -2.24. The number of carbonyl (C=O) groups is 2. The largest absolute Gasteiger partial charge is 0.504 e. The molecule has 6 rings (SSSR count). The predicted octanol–water partition coefficient (Wildman–Crippen LogP) is 4.42. The molecule has 39 heavy (non-hydrogen) atoms. The molecular formula is C31H24O8. The third-order valence-corrected chi connectivity index (χ3v) is 6.76. The average Bonchev–Trinajstić information content (AvgIpc) is 3.67. The minimum absolute atomic E-state index is 0.112. The highest BCUT2D eigenvalue weighted by Crippen LogP contribution is 2.42. The van der Waals surface area contributed by atoms with Crippen LogP contribution in [0.4, 0.5) is 0 Å². The van der Waals surface area contributed by atoms with E-state index in [1.54, 1.807) is 61.5 Å². The van der Waals surface area contributed by atoms with Crippen LogP contribution in [0.15, 0.2) is 74.6 Å². The summed E-state index contributed by atoms with van der Waals surface area (Å²) >= 11 is 0. The van der Waals surface area contributed by atoms with Gasteiger partial charge in [-0.15, -0.1) is 0 Å². The van der Waals surface area contributed by atoms with E-state index in [0.29, 0.717) is 56.3 Å². The summed E-state index contributed by atoms with van der Waals surface area (Å²) in [6.07, 6.45) is 4.09. The van der Waals surface area contributed by atoms with Crippen LogP contribution >= 0.6 is 0 Å². The van der Waals surface area contributed by atoms with Crippen molar-refractivity contribution in [1.29, 1.82) is 0 Å². The van der Waals surface area contributed by atoms with Crippen molar-refractivity contribution in [3.63, 3.8) is 0 Å². The van der Waals surface area contributed by atoms with E-state index < -0.39 is 11.9 Å². The molecule has 1 aliphatic heterocycles. The fourth-order valence-corrected chi connectivity index (χ4v) is 5.00. The zero-order valence-corrected chi connectivity index (χ0v) is 21.2. The van der Waals surface area contributed by atoms with Gasteiger partial charge in [-0.05, 0) is 61.4 Å². The van der Waals surface area contributed by atoms with Gasteiger partial charge in [0.2, 0.25) is 6.79 Å². The van der Waals surface area contributed by atoms with Crippen LogP contribution in [0.2, 0.25) is 0 Å². The number of carbonyl (C=O) groups excluding carboxylic acids is 2. The molecule has 2 aromatic heterocycles. The number of aromatic hydroxyl groups is 1. The van der Waals surface area contributed by atoms with Crippen LogP contribution in [0, 0.1) is 0 Å². The van der Waals surface area contributed by atoms with Crippen molar-refractivity contribution in [3.8, 4) is 28.6 Å². The lowest BCUT2D eigenvalue weighted by Gasteiger charge is -2.23. The van der Waals surface area contributed by atoms with Crippen LogP contribution in [0.25, 0.3) is 23.5 Å². The van der Waals surface area contributed by atoms with Gasteiger partial charge in [0.25, 0.3) is 0 Å². The first-order chi connectivity index (χ1) is 19.0. The lowest BCUT2D eigenvalue weighted by atomic mass is 9.80. The molecule has 0 radical (unpaired) electrons. The maximum atomic E-state index is 13.1. The van der Waals surface area contributed by atoms with Crippen molar-refractivity contribution in [2.45, 2.75) is 19.8 Å². The molecule has 1 aliphatic carbocycles. The van der Waals surface area contributed by atoms with Gasteiger partial charge in [0.1, 0.15) is 23.2 Å². The number of aldehydes is 1. The molecule has 196 valence electrons. The molecule has 4 aromatic rings. The second kappa shape index (κ2) is 9.72. The van der Waals surface area contributed by atoms with E-state index in [1.165, 1.54) is 0 Å². The van der Waals surface area contributed by atoms with Gasteiger partial charge < -0.3 is 28.2 Å². The van der Waals surface area contributed by atoms with Crippen molar-refractivity contribution in [3.05, 3.63) is 99.0 Å². The smallest absolute Gasteiger partial charge is 0.335 e. The van der Waals surface area contributed by atoms with E-state index in [0.717, 1.165) is 11.8 Å². The summed E-state index contributed by atoms with van der Waals surface area (Å²) in [6.45, 7) is 3.88. The number of rotatable bonds is 6. The zero-order valence-electron chi connectivity index (χ0n) is 21.2. The highest BCUT2D eigenvalue weighted by molar-refractivity contribution is 5.95. The second-order valence-electron chi connectivity index (χ2n) is 9.19. The molecule has 0 amide bonds. The summed E-state index contributed by atoms with van der Waals surface area (Å²) in [5.41, 5.74) is 4.13. The van der Waals surface area contributed by atoms with E-state index in [9.17, 15) is 14.7 Å². The van der Waals surface area contributed by atoms with E-state index >= 15 is 0 Å². The Hall–Kier alpha value is -4.98. The minimum atomic E-state index is -0.664. The molecular weight excluding hydrogens is 500 g/mol. The van der Waals surface area contributed by atoms with Crippen LogP contribution in [0.3, 0.4) is 0 Å². The Bertz CT molecular complexity index is 1770. The fraction of sp³-hybridized carbons (Fsp3) is 0.161. The summed E-state index contributed by atoms with van der Waals surface area (Å²) in [4.78, 5) is 24.3. The van der Waals surface area contributed by atoms with Crippen LogP contribution in [0.1, 0.15) is 47.0 Å². The molecule has 2 aliphatic rings. The van der Waals surface area contributed by atoms with Crippen molar-refractivity contribution in [2.24, 2.45) is 0 Å². The molecule has 0 fully saturated rings. The molecule has 2 aromatic carbocycles. The molecule has 8 heteroatoms. The number of allylic oxidation sites excluding steroid dienone is 1. The quantitative estimate of drug-likeness (QED) is 0.292. The number of fused-ring (bicyclic) bond motifs is 2. The summed E-state index contributed by atoms with van der Waals surface area (Å²) in [5, 5.41) is 11.4. The Morgan fingerprint density at radius 3 is 2.74 bits per heavy atom. The van der Waals surface area contributed by atoms with Crippen LogP contribution in [0.5, 0.6) is 17.2 Å². The summed E-state index contributed by atoms with van der Waals surface area (Å²) in [6, 6.07) is 16.0. The highest BCUT2D eigenvalue weighted by Gasteiger charge is 2.35. The van der Waals surface area contributed by atoms with E-state index in [1.807, 2.05) is 19.1 Å². The predicted molar refractivity (Wildman–Crippen MR) is 141 cm³/mol. The number of hydrogen-bond acceptors (Lipinski definition) is 8. The van der Waals surface area contributed by atoms with Gasteiger partial charge in [-0.25, -0.2) is 4.79 Å². The first-order valence-corrected chi connectivity index (χ1v) is 12.4. The molecule has 0 saturated heterocycles. The second-order valence-corrected chi connectivity index (χ2v) is 9.19. The first-order valence-electron chi connectivity index (χ1n) is 12.4. The molecule has 1 unspecified atom stereocenters. The monoisotopic (exact) mass is 524 g/mol. The Labute approximate surface area is 223 Å². The van der Waals surface area contributed by atoms with Gasteiger partial charge in [-0.2, -0.15) is 0 Å². The molecule has 1 N–H and O–H groups in total. The number of esters is 1. The number of benzene rings is 2. The van der Waals surface area contributed by atoms with Crippen molar-refractivity contribution in [1.82, 2.24) is 0 Å². The molecule has 3 heterocycles. The van der Waals surface area contributed by atoms with E-state index in [4.69, 9.17) is 23.0 Å². The Balaban J connectivity index is 1.46. The Morgan fingerprint density at radius 2 is 1.92 bits per heavy atom. The summed E-state index contributed by atoms with van der Waals surface area (Å²) in [7, 11) is 0. The Kier molecular flexibility index (Phi) is 6.07. The van der Waals surface area contributed by atoms with Crippen LogP contribution in [-0.2, 0) is 9.53 Å². The summed E-state index contributed by atoms with van der Waals surface area (Å²) in [5.74, 6) is 0.921. The number of ether oxygens (including phenoxy) is 3. The van der Waals surface area contributed by atoms with Gasteiger partial charge in [-0.3, -0.25) is 4.79 Å². The average molecular weight is 525 g/mol. The van der Waals surface area contributed by atoms with Crippen LogP contribution in [-0.4, -0.2) is 30.8 Å². The number of hydrogen-bond donors (Lipinski definition) is 1. The minimum Gasteiger partial charge on any atom is -0.504 e. The fourth-order valence-electron chi connectivity index (χ4n) is 5.00. The van der Waals surface area contributed by atoms with Gasteiger partial charge >= 0.3 is 5.97 Å². The molecule has 0 bridgehead atoms. The van der Waals surface area contributed by atoms with Gasteiger partial charge in [-0.1, -0.05) is 24.3 Å². The highest BCUT2D eigenvalue weighted by atomic mass is 16.7. The Morgan fingerprint density at radius 1 is 1.08 bits per heavy atom. The van der Waals surface area contributed by atoms with Gasteiger partial charge in [0, 0.05) is 23.1 Å². The third-order valence-electron chi connectivity index (χ3n) is 6.76. The van der Waals surface area contributed by atoms with E-state index in [-0.39, 0.29) is 24.6 Å². The van der Waals surface area contributed by atoms with E-state index in [2.05, 4.69) is 0 Å². The molecule has 0 saturated carbocycles. The summed E-state index contributed by atoms with van der Waals surface area (Å²) < 4.78 is 28.5. The third kappa shape index (κ3) is 4.29. The van der Waals surface area contributed by atoms with Gasteiger partial charge in [0.15, 0.2) is 22.7 Å². The van der Waals surface area contributed by atoms with Crippen molar-refractivity contribution in [2.75, 3.05) is 13.4 Å². The number of furan rings is 2. The topological polar surface area (TPSA) is 108 Å². The first kappa shape index (κ1) is 24.4. The van der Waals surface area contributed by atoms with Crippen molar-refractivity contribution >= 4 is 24.4 Å². The maximum Gasteiger partial charge on any atom is 0.335 e.